The molecule has 0 radical (unpaired) electrons. The lowest BCUT2D eigenvalue weighted by molar-refractivity contribution is -0.326. The van der Waals surface area contributed by atoms with Gasteiger partial charge in [-0.15, -0.1) is 0 Å². The number of hydrogen-bond acceptors (Lipinski definition) is 6. The van der Waals surface area contributed by atoms with E-state index in [1.807, 2.05) is 60.7 Å². The topological polar surface area (TPSA) is 55.4 Å². The first-order chi connectivity index (χ1) is 21.2. The van der Waals surface area contributed by atoms with Gasteiger partial charge < -0.3 is 28.4 Å². The van der Waals surface area contributed by atoms with Crippen molar-refractivity contribution in [2.45, 2.75) is 104 Å². The second kappa shape index (κ2) is 17.1. The molecule has 6 heteroatoms. The van der Waals surface area contributed by atoms with Gasteiger partial charge in [-0.1, -0.05) is 107 Å². The Morgan fingerprint density at radius 1 is 0.659 bits per heavy atom. The number of ether oxygens (including phenoxy) is 6. The van der Waals surface area contributed by atoms with Crippen molar-refractivity contribution in [3.05, 3.63) is 102 Å². The molecule has 0 amide bonds. The Bertz CT molecular complexity index is 1190. The van der Waals surface area contributed by atoms with Gasteiger partial charge in [0.05, 0.1) is 33.0 Å². The SMILES string of the molecule is COc1ccc(CO[C@H]2[C@H](OCCCC(C)(C)C)[C@@H](OCc3ccccc3)[C@@H](OCc3ccccc3)O[C@@H]2CC(C)C)cc1. The van der Waals surface area contributed by atoms with Gasteiger partial charge in [-0.05, 0) is 59.4 Å². The molecule has 1 saturated heterocycles. The minimum atomic E-state index is -0.615. The molecule has 240 valence electrons. The lowest BCUT2D eigenvalue weighted by Gasteiger charge is -2.46. The molecule has 0 spiro atoms. The monoisotopic (exact) mass is 604 g/mol. The Hall–Kier alpha value is -2.74. The predicted octanol–water partition coefficient (Wildman–Crippen LogP) is 8.37. The molecule has 0 aromatic heterocycles. The lowest BCUT2D eigenvalue weighted by atomic mass is 9.90. The molecule has 44 heavy (non-hydrogen) atoms. The predicted molar refractivity (Wildman–Crippen MR) is 174 cm³/mol. The van der Waals surface area contributed by atoms with Crippen LogP contribution in [0.3, 0.4) is 0 Å². The van der Waals surface area contributed by atoms with Crippen LogP contribution in [0.15, 0.2) is 84.9 Å². The second-order valence-electron chi connectivity index (χ2n) is 13.4. The number of rotatable bonds is 16. The third-order valence-electron chi connectivity index (χ3n) is 7.82. The fraction of sp³-hybridized carbons (Fsp3) is 0.526. The highest BCUT2D eigenvalue weighted by molar-refractivity contribution is 5.26. The molecule has 0 N–H and O–H groups in total. The van der Waals surface area contributed by atoms with Crippen molar-refractivity contribution in [1.82, 2.24) is 0 Å². The molecule has 1 heterocycles. The van der Waals surface area contributed by atoms with Gasteiger partial charge in [0.15, 0.2) is 6.29 Å². The zero-order chi connectivity index (χ0) is 31.4. The maximum Gasteiger partial charge on any atom is 0.187 e. The summed E-state index contributed by atoms with van der Waals surface area (Å²) in [6.45, 7) is 13.1. The highest BCUT2D eigenvalue weighted by Gasteiger charge is 2.49. The van der Waals surface area contributed by atoms with Crippen molar-refractivity contribution in [2.75, 3.05) is 13.7 Å². The second-order valence-corrected chi connectivity index (χ2v) is 13.4. The van der Waals surface area contributed by atoms with E-state index in [1.54, 1.807) is 7.11 Å². The number of methoxy groups -OCH3 is 1. The van der Waals surface area contributed by atoms with Crippen molar-refractivity contribution < 1.29 is 28.4 Å². The Morgan fingerprint density at radius 3 is 1.75 bits per heavy atom. The zero-order valence-electron chi connectivity index (χ0n) is 27.4. The van der Waals surface area contributed by atoms with Gasteiger partial charge in [0.2, 0.25) is 0 Å². The minimum Gasteiger partial charge on any atom is -0.497 e. The van der Waals surface area contributed by atoms with E-state index in [2.05, 4.69) is 58.9 Å². The fourth-order valence-corrected chi connectivity index (χ4v) is 5.49. The maximum absolute atomic E-state index is 6.78. The molecule has 0 unspecified atom stereocenters. The summed E-state index contributed by atoms with van der Waals surface area (Å²) in [5.74, 6) is 1.21. The van der Waals surface area contributed by atoms with Crippen LogP contribution in [0.2, 0.25) is 0 Å². The van der Waals surface area contributed by atoms with Gasteiger partial charge in [-0.2, -0.15) is 0 Å². The molecule has 0 saturated carbocycles. The van der Waals surface area contributed by atoms with Gasteiger partial charge in [0, 0.05) is 6.61 Å². The quantitative estimate of drug-likeness (QED) is 0.153. The molecule has 0 aliphatic carbocycles. The van der Waals surface area contributed by atoms with E-state index >= 15 is 0 Å². The lowest BCUT2D eigenvalue weighted by Crippen LogP contribution is -2.61. The van der Waals surface area contributed by atoms with Gasteiger partial charge in [0.25, 0.3) is 0 Å². The minimum absolute atomic E-state index is 0.224. The van der Waals surface area contributed by atoms with E-state index in [1.165, 1.54) is 0 Å². The van der Waals surface area contributed by atoms with Crippen LogP contribution < -0.4 is 4.74 Å². The Morgan fingerprint density at radius 2 is 1.20 bits per heavy atom. The first-order valence-corrected chi connectivity index (χ1v) is 16.0. The summed E-state index contributed by atoms with van der Waals surface area (Å²) in [6, 6.07) is 28.4. The number of benzene rings is 3. The molecule has 3 aromatic carbocycles. The van der Waals surface area contributed by atoms with Gasteiger partial charge in [-0.25, -0.2) is 0 Å². The van der Waals surface area contributed by atoms with Gasteiger partial charge in [-0.3, -0.25) is 0 Å². The summed E-state index contributed by atoms with van der Waals surface area (Å²) in [5.41, 5.74) is 3.46. The third kappa shape index (κ3) is 11.0. The highest BCUT2D eigenvalue weighted by atomic mass is 16.7. The normalized spacial score (nSPS) is 22.3. The molecule has 4 rings (SSSR count). The Kier molecular flexibility index (Phi) is 13.3. The summed E-state index contributed by atoms with van der Waals surface area (Å²) in [4.78, 5) is 0. The average Bonchev–Trinajstić information content (AvgIpc) is 3.01. The van der Waals surface area contributed by atoms with E-state index in [4.69, 9.17) is 28.4 Å². The molecular weight excluding hydrogens is 552 g/mol. The van der Waals surface area contributed by atoms with Crippen molar-refractivity contribution in [3.8, 4) is 5.75 Å². The molecule has 0 bridgehead atoms. The van der Waals surface area contributed by atoms with Crippen LogP contribution in [0.5, 0.6) is 5.75 Å². The van der Waals surface area contributed by atoms with Crippen LogP contribution in [0.4, 0.5) is 0 Å². The van der Waals surface area contributed by atoms with Crippen molar-refractivity contribution >= 4 is 0 Å². The van der Waals surface area contributed by atoms with E-state index in [9.17, 15) is 0 Å². The van der Waals surface area contributed by atoms with Crippen LogP contribution >= 0.6 is 0 Å². The molecule has 1 fully saturated rings. The van der Waals surface area contributed by atoms with Crippen molar-refractivity contribution in [3.63, 3.8) is 0 Å². The molecule has 1 aliphatic heterocycles. The molecule has 6 nitrogen and oxygen atoms in total. The van der Waals surface area contributed by atoms with Crippen LogP contribution in [0.1, 0.15) is 70.6 Å². The first kappa shape index (κ1) is 34.1. The van der Waals surface area contributed by atoms with Gasteiger partial charge in [0.1, 0.15) is 24.1 Å². The van der Waals surface area contributed by atoms with E-state index in [0.717, 1.165) is 41.7 Å². The zero-order valence-corrected chi connectivity index (χ0v) is 27.4. The third-order valence-corrected chi connectivity index (χ3v) is 7.82. The summed E-state index contributed by atoms with van der Waals surface area (Å²) in [6.07, 6.45) is 0.772. The summed E-state index contributed by atoms with van der Waals surface area (Å²) < 4.78 is 38.8. The first-order valence-electron chi connectivity index (χ1n) is 16.0. The standard InChI is InChI=1S/C38H52O6/c1-28(2)24-33-34(41-26-31-18-20-32(39-6)21-19-31)35(40-23-13-22-38(3,4)5)36(42-25-29-14-9-7-10-15-29)37(44-33)43-27-30-16-11-8-12-17-30/h7-12,14-21,28,33-37H,13,22-27H2,1-6H3/t33-,34-,35+,36-,37+/m1/s1. The van der Waals surface area contributed by atoms with Gasteiger partial charge >= 0.3 is 0 Å². The molecular formula is C38H52O6. The highest BCUT2D eigenvalue weighted by Crippen LogP contribution is 2.34. The smallest absolute Gasteiger partial charge is 0.187 e. The Labute approximate surface area is 265 Å². The largest absolute Gasteiger partial charge is 0.497 e. The molecule has 1 aliphatic rings. The van der Waals surface area contributed by atoms with Crippen molar-refractivity contribution in [2.24, 2.45) is 11.3 Å². The van der Waals surface area contributed by atoms with Crippen LogP contribution in [0, 0.1) is 11.3 Å². The summed E-state index contributed by atoms with van der Waals surface area (Å²) in [7, 11) is 1.68. The van der Waals surface area contributed by atoms with Crippen LogP contribution in [-0.4, -0.2) is 44.4 Å². The van der Waals surface area contributed by atoms with E-state index in [0.29, 0.717) is 32.3 Å². The average molecular weight is 605 g/mol. The van der Waals surface area contributed by atoms with Crippen LogP contribution in [0.25, 0.3) is 0 Å². The van der Waals surface area contributed by atoms with E-state index < -0.39 is 12.4 Å². The van der Waals surface area contributed by atoms with E-state index in [-0.39, 0.29) is 23.7 Å². The molecule has 3 aromatic rings. The number of hydrogen-bond donors (Lipinski definition) is 0. The molecule has 5 atom stereocenters. The van der Waals surface area contributed by atoms with Crippen LogP contribution in [-0.2, 0) is 43.5 Å². The van der Waals surface area contributed by atoms with Crippen molar-refractivity contribution in [1.29, 1.82) is 0 Å². The fourth-order valence-electron chi connectivity index (χ4n) is 5.49. The maximum atomic E-state index is 6.78. The summed E-state index contributed by atoms with van der Waals surface area (Å²) >= 11 is 0. The Balaban J connectivity index is 1.61. The summed E-state index contributed by atoms with van der Waals surface area (Å²) in [5, 5.41) is 0.